The fraction of sp³-hybridized carbons (Fsp3) is 0.300. The van der Waals surface area contributed by atoms with Gasteiger partial charge in [0.05, 0.1) is 0 Å². The lowest BCUT2D eigenvalue weighted by atomic mass is 9.89. The largest absolute Gasteiger partial charge is 0.477 e. The maximum absolute atomic E-state index is 13.3. The molecular weight excluding hydrogens is 286 g/mol. The summed E-state index contributed by atoms with van der Waals surface area (Å²) >= 11 is 2.99. The quantitative estimate of drug-likeness (QED) is 0.900. The maximum atomic E-state index is 13.3. The van der Waals surface area contributed by atoms with Crippen LogP contribution >= 0.6 is 15.9 Å². The van der Waals surface area contributed by atoms with Crippen LogP contribution in [0.3, 0.4) is 0 Å². The monoisotopic (exact) mass is 294 g/mol. The highest BCUT2D eigenvalue weighted by atomic mass is 79.9. The molecule has 88 valence electrons. The van der Waals surface area contributed by atoms with Gasteiger partial charge in [0, 0.05) is 10.0 Å². The highest BCUT2D eigenvalue weighted by molar-refractivity contribution is 9.10. The average molecular weight is 295 g/mol. The molecule has 16 heavy (non-hydrogen) atoms. The van der Waals surface area contributed by atoms with E-state index in [1.807, 2.05) is 0 Å². The van der Waals surface area contributed by atoms with Crippen molar-refractivity contribution in [2.24, 2.45) is 0 Å². The van der Waals surface area contributed by atoms with E-state index in [1.165, 1.54) is 18.2 Å². The Kier molecular flexibility index (Phi) is 3.35. The molecule has 6 heteroatoms. The molecule has 0 spiro atoms. The lowest BCUT2D eigenvalue weighted by molar-refractivity contribution is -0.207. The molecule has 0 radical (unpaired) electrons. The van der Waals surface area contributed by atoms with E-state index in [4.69, 9.17) is 5.11 Å². The van der Waals surface area contributed by atoms with E-state index in [2.05, 4.69) is 15.9 Å². The number of carbonyl (C=O) groups is 1. The van der Waals surface area contributed by atoms with Crippen LogP contribution in [0, 0.1) is 0 Å². The van der Waals surface area contributed by atoms with Crippen molar-refractivity contribution in [2.75, 3.05) is 0 Å². The summed E-state index contributed by atoms with van der Waals surface area (Å²) in [6.07, 6.45) is 0. The fourth-order valence-electron chi connectivity index (χ4n) is 1.23. The van der Waals surface area contributed by atoms with E-state index >= 15 is 0 Å². The Morgan fingerprint density at radius 1 is 1.38 bits per heavy atom. The third-order valence-electron chi connectivity index (χ3n) is 2.28. The maximum Gasteiger partial charge on any atom is 0.378 e. The minimum Gasteiger partial charge on any atom is -0.477 e. The number of aliphatic hydroxyl groups is 1. The van der Waals surface area contributed by atoms with Gasteiger partial charge in [-0.1, -0.05) is 34.1 Å². The molecule has 1 rings (SSSR count). The van der Waals surface area contributed by atoms with Gasteiger partial charge >= 0.3 is 11.9 Å². The second kappa shape index (κ2) is 4.10. The van der Waals surface area contributed by atoms with Crippen LogP contribution in [-0.2, 0) is 10.4 Å². The van der Waals surface area contributed by atoms with E-state index in [1.54, 1.807) is 6.07 Å². The summed E-state index contributed by atoms with van der Waals surface area (Å²) < 4.78 is 26.9. The molecule has 0 fully saturated rings. The smallest absolute Gasteiger partial charge is 0.378 e. The van der Waals surface area contributed by atoms with E-state index in [-0.39, 0.29) is 10.0 Å². The fourth-order valence-corrected chi connectivity index (χ4v) is 1.90. The van der Waals surface area contributed by atoms with Crippen LogP contribution in [-0.4, -0.2) is 22.1 Å². The van der Waals surface area contributed by atoms with Crippen molar-refractivity contribution >= 4 is 21.9 Å². The second-order valence-electron chi connectivity index (χ2n) is 3.43. The Hall–Kier alpha value is -1.01. The molecule has 1 aromatic rings. The van der Waals surface area contributed by atoms with Crippen molar-refractivity contribution in [1.82, 2.24) is 0 Å². The highest BCUT2D eigenvalue weighted by Gasteiger charge is 2.57. The lowest BCUT2D eigenvalue weighted by Gasteiger charge is -2.30. The van der Waals surface area contributed by atoms with Crippen LogP contribution in [0.5, 0.6) is 0 Å². The first kappa shape index (κ1) is 13.1. The number of hydrogen-bond acceptors (Lipinski definition) is 2. The predicted octanol–water partition coefficient (Wildman–Crippen LogP) is 2.38. The van der Waals surface area contributed by atoms with Crippen molar-refractivity contribution in [3.8, 4) is 0 Å². The number of hydrogen-bond donors (Lipinski definition) is 2. The van der Waals surface area contributed by atoms with E-state index in [0.717, 1.165) is 6.92 Å². The van der Waals surface area contributed by atoms with E-state index in [9.17, 15) is 18.7 Å². The Bertz CT molecular complexity index is 418. The van der Waals surface area contributed by atoms with Gasteiger partial charge in [-0.05, 0) is 13.0 Å². The Balaban J connectivity index is 3.32. The first-order valence-corrected chi connectivity index (χ1v) is 5.09. The number of halogens is 3. The van der Waals surface area contributed by atoms with Crippen LogP contribution < -0.4 is 0 Å². The number of carboxylic acids is 1. The zero-order valence-electron chi connectivity index (χ0n) is 8.25. The average Bonchev–Trinajstić information content (AvgIpc) is 2.17. The number of benzene rings is 1. The van der Waals surface area contributed by atoms with Gasteiger partial charge in [-0.3, -0.25) is 0 Å². The third-order valence-corrected chi connectivity index (χ3v) is 2.97. The summed E-state index contributed by atoms with van der Waals surface area (Å²) in [6.45, 7) is 0.765. The number of carboxylic acid groups (broad SMARTS) is 1. The van der Waals surface area contributed by atoms with Crippen LogP contribution in [0.1, 0.15) is 12.5 Å². The first-order valence-electron chi connectivity index (χ1n) is 4.30. The van der Waals surface area contributed by atoms with Crippen LogP contribution in [0.2, 0.25) is 0 Å². The van der Waals surface area contributed by atoms with Gasteiger partial charge in [0.25, 0.3) is 0 Å². The van der Waals surface area contributed by atoms with Gasteiger partial charge in [-0.2, -0.15) is 8.78 Å². The van der Waals surface area contributed by atoms with E-state index in [0.29, 0.717) is 0 Å². The van der Waals surface area contributed by atoms with Gasteiger partial charge in [0.1, 0.15) is 0 Å². The molecular formula is C10H9BrF2O3. The molecule has 0 aliphatic rings. The van der Waals surface area contributed by atoms with Crippen LogP contribution in [0.25, 0.3) is 0 Å². The predicted molar refractivity (Wildman–Crippen MR) is 56.3 cm³/mol. The Labute approximate surface area is 98.8 Å². The minimum atomic E-state index is -4.27. The lowest BCUT2D eigenvalue weighted by Crippen LogP contribution is -2.49. The Morgan fingerprint density at radius 2 is 1.88 bits per heavy atom. The second-order valence-corrected chi connectivity index (χ2v) is 4.29. The zero-order valence-corrected chi connectivity index (χ0v) is 9.83. The zero-order chi connectivity index (χ0) is 12.6. The molecule has 1 unspecified atom stereocenters. The van der Waals surface area contributed by atoms with Crippen molar-refractivity contribution in [3.05, 3.63) is 34.3 Å². The number of aliphatic carboxylic acids is 1. The molecule has 0 saturated heterocycles. The highest BCUT2D eigenvalue weighted by Crippen LogP contribution is 2.40. The third kappa shape index (κ3) is 1.94. The van der Waals surface area contributed by atoms with Gasteiger partial charge in [-0.25, -0.2) is 4.79 Å². The molecule has 2 N–H and O–H groups in total. The number of alkyl halides is 2. The van der Waals surface area contributed by atoms with Crippen LogP contribution in [0.15, 0.2) is 28.7 Å². The standard InChI is InChI=1S/C10H9BrF2O3/c1-9(16,10(12,13)8(14)15)6-4-2-3-5-7(6)11/h2-5,16H,1H3,(H,14,15). The minimum absolute atomic E-state index is 0.178. The molecule has 0 aliphatic heterocycles. The summed E-state index contributed by atoms with van der Waals surface area (Å²) in [5.41, 5.74) is -2.96. The van der Waals surface area contributed by atoms with Gasteiger partial charge in [0.15, 0.2) is 5.60 Å². The Morgan fingerprint density at radius 3 is 2.31 bits per heavy atom. The molecule has 0 aliphatic carbocycles. The summed E-state index contributed by atoms with van der Waals surface area (Å²) in [4.78, 5) is 10.4. The SMILES string of the molecule is CC(O)(c1ccccc1Br)C(F)(F)C(=O)O. The molecule has 1 aromatic carbocycles. The molecule has 0 saturated carbocycles. The normalized spacial score (nSPS) is 15.6. The molecule has 0 aromatic heterocycles. The van der Waals surface area contributed by atoms with Gasteiger partial charge < -0.3 is 10.2 Å². The summed E-state index contributed by atoms with van der Waals surface area (Å²) in [5, 5.41) is 18.1. The van der Waals surface area contributed by atoms with Crippen molar-refractivity contribution in [2.45, 2.75) is 18.4 Å². The molecule has 0 amide bonds. The van der Waals surface area contributed by atoms with Gasteiger partial charge in [0.2, 0.25) is 0 Å². The summed E-state index contributed by atoms with van der Waals surface area (Å²) in [5.74, 6) is -6.63. The summed E-state index contributed by atoms with van der Waals surface area (Å²) in [7, 11) is 0. The molecule has 1 atom stereocenters. The molecule has 0 heterocycles. The summed E-state index contributed by atoms with van der Waals surface area (Å²) in [6, 6.07) is 5.69. The van der Waals surface area contributed by atoms with Crippen molar-refractivity contribution in [3.63, 3.8) is 0 Å². The van der Waals surface area contributed by atoms with Gasteiger partial charge in [-0.15, -0.1) is 0 Å². The first-order chi connectivity index (χ1) is 7.21. The molecule has 0 bridgehead atoms. The number of rotatable bonds is 3. The van der Waals surface area contributed by atoms with E-state index < -0.39 is 17.5 Å². The topological polar surface area (TPSA) is 57.5 Å². The van der Waals surface area contributed by atoms with Crippen molar-refractivity contribution < 1.29 is 23.8 Å². The van der Waals surface area contributed by atoms with Crippen LogP contribution in [0.4, 0.5) is 8.78 Å². The molecule has 3 nitrogen and oxygen atoms in total. The van der Waals surface area contributed by atoms with Crippen molar-refractivity contribution in [1.29, 1.82) is 0 Å².